The Kier molecular flexibility index (Phi) is 37.5. The SMILES string of the molecule is CCCC/C=C/CC/C=C/CC/C=C/C(O)C(COP(=O)(O)OCCN)NC(=O)CC(O)CCCCCCC/C=C\CCCCCCCCCCCC. The summed E-state index contributed by atoms with van der Waals surface area (Å²) in [5.74, 6) is -0.467. The molecule has 0 spiro atoms. The lowest BCUT2D eigenvalue weighted by atomic mass is 10.0. The molecule has 0 aliphatic rings. The van der Waals surface area contributed by atoms with Crippen LogP contribution in [0.15, 0.2) is 48.6 Å². The lowest BCUT2D eigenvalue weighted by molar-refractivity contribution is -0.124. The third-order valence-electron chi connectivity index (χ3n) is 9.16. The Morgan fingerprint density at radius 2 is 1.09 bits per heavy atom. The highest BCUT2D eigenvalue weighted by molar-refractivity contribution is 7.47. The highest BCUT2D eigenvalue weighted by Gasteiger charge is 2.27. The lowest BCUT2D eigenvalue weighted by Crippen LogP contribution is -2.46. The van der Waals surface area contributed by atoms with Crippen molar-refractivity contribution >= 4 is 13.7 Å². The van der Waals surface area contributed by atoms with Crippen LogP contribution in [0.25, 0.3) is 0 Å². The van der Waals surface area contributed by atoms with E-state index in [0.717, 1.165) is 57.8 Å². The second-order valence-electron chi connectivity index (χ2n) is 14.4. The number of aliphatic hydroxyl groups excluding tert-OH is 2. The van der Waals surface area contributed by atoms with Gasteiger partial charge in [0.05, 0.1) is 37.9 Å². The normalized spacial score (nSPS) is 15.2. The minimum atomic E-state index is -4.41. The second kappa shape index (κ2) is 38.7. The van der Waals surface area contributed by atoms with E-state index >= 15 is 0 Å². The van der Waals surface area contributed by atoms with E-state index in [1.165, 1.54) is 89.9 Å². The third kappa shape index (κ3) is 37.1. The summed E-state index contributed by atoms with van der Waals surface area (Å²) in [7, 11) is -4.41. The number of amides is 1. The Morgan fingerprint density at radius 1 is 0.642 bits per heavy atom. The van der Waals surface area contributed by atoms with Gasteiger partial charge in [-0.3, -0.25) is 13.8 Å². The molecular formula is C43H81N2O7P. The summed E-state index contributed by atoms with van der Waals surface area (Å²) in [5.41, 5.74) is 5.35. The molecule has 10 heteroatoms. The van der Waals surface area contributed by atoms with Crippen LogP contribution in [0, 0.1) is 0 Å². The summed E-state index contributed by atoms with van der Waals surface area (Å²) < 4.78 is 22.0. The number of carbonyl (C=O) groups excluding carboxylic acids is 1. The Balaban J connectivity index is 4.33. The van der Waals surface area contributed by atoms with Gasteiger partial charge in [0.15, 0.2) is 0 Å². The van der Waals surface area contributed by atoms with Gasteiger partial charge in [0.2, 0.25) is 5.91 Å². The van der Waals surface area contributed by atoms with E-state index in [2.05, 4.69) is 55.6 Å². The Hall–Kier alpha value is -1.58. The number of nitrogens with two attached hydrogens (primary N) is 1. The molecule has 0 aliphatic heterocycles. The van der Waals surface area contributed by atoms with E-state index in [9.17, 15) is 24.5 Å². The van der Waals surface area contributed by atoms with E-state index < -0.39 is 38.6 Å². The molecule has 0 aromatic carbocycles. The average Bonchev–Trinajstić information content (AvgIpc) is 3.13. The first kappa shape index (κ1) is 51.4. The van der Waals surface area contributed by atoms with Crippen molar-refractivity contribution in [1.29, 1.82) is 0 Å². The van der Waals surface area contributed by atoms with Crippen LogP contribution in [0.3, 0.4) is 0 Å². The van der Waals surface area contributed by atoms with Crippen LogP contribution in [-0.2, 0) is 18.4 Å². The monoisotopic (exact) mass is 769 g/mol. The molecule has 310 valence electrons. The van der Waals surface area contributed by atoms with Gasteiger partial charge in [-0.2, -0.15) is 0 Å². The number of aliphatic hydroxyl groups is 2. The quantitative estimate of drug-likeness (QED) is 0.0235. The van der Waals surface area contributed by atoms with Crippen molar-refractivity contribution in [1.82, 2.24) is 5.32 Å². The van der Waals surface area contributed by atoms with Crippen molar-refractivity contribution in [3.8, 4) is 0 Å². The largest absolute Gasteiger partial charge is 0.472 e. The summed E-state index contributed by atoms with van der Waals surface area (Å²) in [6, 6.07) is -1.01. The smallest absolute Gasteiger partial charge is 0.393 e. The first-order chi connectivity index (χ1) is 25.8. The highest BCUT2D eigenvalue weighted by atomic mass is 31.2. The minimum Gasteiger partial charge on any atom is -0.393 e. The molecule has 9 nitrogen and oxygen atoms in total. The predicted molar refractivity (Wildman–Crippen MR) is 223 cm³/mol. The van der Waals surface area contributed by atoms with Gasteiger partial charge in [-0.25, -0.2) is 4.57 Å². The zero-order valence-electron chi connectivity index (χ0n) is 33.9. The number of allylic oxidation sites excluding steroid dienone is 7. The van der Waals surface area contributed by atoms with Crippen molar-refractivity contribution in [3.63, 3.8) is 0 Å². The summed E-state index contributed by atoms with van der Waals surface area (Å²) in [6.07, 6.45) is 43.5. The van der Waals surface area contributed by atoms with Crippen LogP contribution >= 0.6 is 7.82 Å². The molecule has 1 amide bonds. The molecule has 0 aromatic rings. The fourth-order valence-corrected chi connectivity index (χ4v) is 6.65. The van der Waals surface area contributed by atoms with E-state index in [-0.39, 0.29) is 19.6 Å². The maximum absolute atomic E-state index is 12.8. The van der Waals surface area contributed by atoms with Crippen LogP contribution in [0.5, 0.6) is 0 Å². The van der Waals surface area contributed by atoms with Gasteiger partial charge >= 0.3 is 7.82 Å². The number of carbonyl (C=O) groups is 1. The van der Waals surface area contributed by atoms with E-state index in [4.69, 9.17) is 14.8 Å². The number of hydrogen-bond acceptors (Lipinski definition) is 7. The average molecular weight is 769 g/mol. The van der Waals surface area contributed by atoms with Crippen molar-refractivity contribution in [2.45, 2.75) is 199 Å². The van der Waals surface area contributed by atoms with Gasteiger partial charge < -0.3 is 26.2 Å². The first-order valence-corrected chi connectivity index (χ1v) is 22.8. The van der Waals surface area contributed by atoms with Crippen molar-refractivity contribution in [2.24, 2.45) is 5.73 Å². The maximum Gasteiger partial charge on any atom is 0.472 e. The molecule has 0 saturated heterocycles. The van der Waals surface area contributed by atoms with Crippen LogP contribution in [-0.4, -0.2) is 59.0 Å². The molecule has 0 aliphatic carbocycles. The second-order valence-corrected chi connectivity index (χ2v) is 15.8. The molecule has 0 radical (unpaired) electrons. The number of phosphoric ester groups is 1. The maximum atomic E-state index is 12.8. The standard InChI is InChI=1S/C43H81N2O7P/c1-3-5-7-9-11-13-15-17-18-19-20-21-22-23-24-26-28-30-32-34-40(46)38-43(48)45-41(39-52-53(49,50)51-37-36-44)42(47)35-33-31-29-27-25-16-14-12-10-8-6-4-2/h10,12,21-22,25,27,33,35,40-42,46-47H,3-9,11,13-20,23-24,26,28-32,34,36-39,44H2,1-2H3,(H,45,48)(H,49,50)/b12-10+,22-21-,27-25+,35-33+. The molecule has 0 fully saturated rings. The zero-order chi connectivity index (χ0) is 39.1. The van der Waals surface area contributed by atoms with Crippen molar-refractivity contribution < 1.29 is 33.5 Å². The molecule has 0 rings (SSSR count). The van der Waals surface area contributed by atoms with Crippen LogP contribution in [0.4, 0.5) is 0 Å². The fourth-order valence-electron chi connectivity index (χ4n) is 5.89. The molecule has 0 heterocycles. The highest BCUT2D eigenvalue weighted by Crippen LogP contribution is 2.43. The van der Waals surface area contributed by atoms with Gasteiger partial charge in [-0.15, -0.1) is 0 Å². The summed E-state index contributed by atoms with van der Waals surface area (Å²) >= 11 is 0. The van der Waals surface area contributed by atoms with Crippen LogP contribution in [0.1, 0.15) is 181 Å². The molecule has 0 bridgehead atoms. The third-order valence-corrected chi connectivity index (χ3v) is 10.1. The minimum absolute atomic E-state index is 0.0400. The fraction of sp³-hybridized carbons (Fsp3) is 0.791. The van der Waals surface area contributed by atoms with Gasteiger partial charge in [0.1, 0.15) is 0 Å². The van der Waals surface area contributed by atoms with E-state index in [1.54, 1.807) is 6.08 Å². The Labute approximate surface area is 325 Å². The number of hydrogen-bond donors (Lipinski definition) is 5. The molecule has 4 unspecified atom stereocenters. The van der Waals surface area contributed by atoms with Crippen LogP contribution in [0.2, 0.25) is 0 Å². The van der Waals surface area contributed by atoms with Crippen molar-refractivity contribution in [3.05, 3.63) is 48.6 Å². The molecule has 53 heavy (non-hydrogen) atoms. The van der Waals surface area contributed by atoms with Crippen LogP contribution < -0.4 is 11.1 Å². The molecule has 0 saturated carbocycles. The van der Waals surface area contributed by atoms with E-state index in [0.29, 0.717) is 12.8 Å². The summed E-state index contributed by atoms with van der Waals surface area (Å²) in [5, 5.41) is 24.0. The number of rotatable bonds is 39. The molecule has 0 aromatic heterocycles. The van der Waals surface area contributed by atoms with Gasteiger partial charge in [-0.05, 0) is 64.2 Å². The molecular weight excluding hydrogens is 687 g/mol. The van der Waals surface area contributed by atoms with Gasteiger partial charge in [0.25, 0.3) is 0 Å². The van der Waals surface area contributed by atoms with Crippen molar-refractivity contribution in [2.75, 3.05) is 19.8 Å². The number of nitrogens with one attached hydrogen (secondary N) is 1. The van der Waals surface area contributed by atoms with Gasteiger partial charge in [0, 0.05) is 6.54 Å². The first-order valence-electron chi connectivity index (χ1n) is 21.3. The summed E-state index contributed by atoms with van der Waals surface area (Å²) in [6.45, 7) is 3.88. The number of phosphoric acid groups is 1. The molecule has 4 atom stereocenters. The van der Waals surface area contributed by atoms with E-state index in [1.807, 2.05) is 6.08 Å². The Bertz CT molecular complexity index is 988. The topological polar surface area (TPSA) is 151 Å². The van der Waals surface area contributed by atoms with Gasteiger partial charge in [-0.1, -0.05) is 159 Å². The Morgan fingerprint density at radius 3 is 1.62 bits per heavy atom. The lowest BCUT2D eigenvalue weighted by Gasteiger charge is -2.24. The zero-order valence-corrected chi connectivity index (χ0v) is 34.8. The predicted octanol–water partition coefficient (Wildman–Crippen LogP) is 10.7. The summed E-state index contributed by atoms with van der Waals surface area (Å²) in [4.78, 5) is 22.7. The molecule has 6 N–H and O–H groups in total. The number of unbranched alkanes of at least 4 members (excludes halogenated alkanes) is 19.